The SMILES string of the molecule is C[N+](C)C(C)(C)C=O. The number of hydrogen-bond acceptors (Lipinski definition) is 2. The van der Waals surface area contributed by atoms with Gasteiger partial charge in [0, 0.05) is 13.8 Å². The van der Waals surface area contributed by atoms with Crippen LogP contribution in [0, 0.1) is 0 Å². The van der Waals surface area contributed by atoms with E-state index in [0.717, 1.165) is 6.29 Å². The van der Waals surface area contributed by atoms with Crippen LogP contribution in [-0.2, 0) is 4.79 Å². The maximum Gasteiger partial charge on any atom is 0.191 e. The summed E-state index contributed by atoms with van der Waals surface area (Å²) in [6, 6.07) is 0. The van der Waals surface area contributed by atoms with Gasteiger partial charge in [-0.3, -0.25) is 4.79 Å². The van der Waals surface area contributed by atoms with E-state index in [2.05, 4.69) is 0 Å². The molecule has 0 aromatic carbocycles. The first kappa shape index (κ1) is 7.63. The molecule has 0 aliphatic heterocycles. The molecule has 0 N–H and O–H groups in total. The van der Waals surface area contributed by atoms with Crippen molar-refractivity contribution in [2.24, 2.45) is 0 Å². The first-order valence-electron chi connectivity index (χ1n) is 2.64. The molecule has 1 radical (unpaired) electrons. The predicted octanol–water partition coefficient (Wildman–Crippen LogP) is 0.364. The lowest BCUT2D eigenvalue weighted by molar-refractivity contribution is -0.113. The normalized spacial score (nSPS) is 12.1. The number of likely N-dealkylation sites (N-methyl/N-ethyl adjacent to an activating group) is 1. The molecular formula is C6H13NO+. The highest BCUT2D eigenvalue weighted by molar-refractivity contribution is 5.63. The highest BCUT2D eigenvalue weighted by Crippen LogP contribution is 2.00. The molecule has 0 heterocycles. The summed E-state index contributed by atoms with van der Waals surface area (Å²) in [7, 11) is 3.77. The molecule has 2 nitrogen and oxygen atoms in total. The van der Waals surface area contributed by atoms with Gasteiger partial charge in [0.1, 0.15) is 14.1 Å². The van der Waals surface area contributed by atoms with Crippen LogP contribution in [0.5, 0.6) is 0 Å². The predicted molar refractivity (Wildman–Crippen MR) is 34.1 cm³/mol. The molecule has 0 rings (SSSR count). The Balaban J connectivity index is 3.90. The molecule has 0 bridgehead atoms. The van der Waals surface area contributed by atoms with Gasteiger partial charge in [0.2, 0.25) is 0 Å². The standard InChI is InChI=1S/C6H13NO/c1-6(2,5-8)7(3)4/h5H,1-4H3/q+1. The Kier molecular flexibility index (Phi) is 2.16. The molecule has 0 amide bonds. The van der Waals surface area contributed by atoms with Crippen molar-refractivity contribution in [3.63, 3.8) is 0 Å². The quantitative estimate of drug-likeness (QED) is 0.376. The molecular weight excluding hydrogens is 102 g/mol. The first-order chi connectivity index (χ1) is 3.50. The van der Waals surface area contributed by atoms with Crippen LogP contribution < -0.4 is 4.90 Å². The van der Waals surface area contributed by atoms with Crippen molar-refractivity contribution in [3.8, 4) is 0 Å². The van der Waals surface area contributed by atoms with Gasteiger partial charge < -0.3 is 0 Å². The number of hydrogen-bond donors (Lipinski definition) is 0. The Labute approximate surface area is 50.5 Å². The Morgan fingerprint density at radius 2 is 1.75 bits per heavy atom. The van der Waals surface area contributed by atoms with Gasteiger partial charge in [-0.2, -0.15) is 4.90 Å². The number of rotatable bonds is 2. The fourth-order valence-corrected chi connectivity index (χ4v) is 0.105. The summed E-state index contributed by atoms with van der Waals surface area (Å²) in [6.07, 6.45) is 0.938. The Morgan fingerprint density at radius 3 is 1.75 bits per heavy atom. The summed E-state index contributed by atoms with van der Waals surface area (Å²) >= 11 is 0. The lowest BCUT2D eigenvalue weighted by Gasteiger charge is -2.14. The van der Waals surface area contributed by atoms with Crippen LogP contribution in [0.3, 0.4) is 0 Å². The second-order valence-corrected chi connectivity index (χ2v) is 2.67. The lowest BCUT2D eigenvalue weighted by atomic mass is 10.1. The molecule has 0 saturated heterocycles. The lowest BCUT2D eigenvalue weighted by Crippen LogP contribution is -2.44. The third-order valence-electron chi connectivity index (χ3n) is 1.44. The highest BCUT2D eigenvalue weighted by Gasteiger charge is 2.27. The number of nitrogens with zero attached hydrogens (tertiary/aromatic N) is 1. The van der Waals surface area contributed by atoms with E-state index in [1.54, 1.807) is 0 Å². The van der Waals surface area contributed by atoms with E-state index in [4.69, 9.17) is 0 Å². The molecule has 8 heavy (non-hydrogen) atoms. The van der Waals surface area contributed by atoms with Gasteiger partial charge in [0.05, 0.1) is 0 Å². The minimum absolute atomic E-state index is 0.306. The fraction of sp³-hybridized carbons (Fsp3) is 0.833. The third kappa shape index (κ3) is 1.62. The van der Waals surface area contributed by atoms with E-state index in [9.17, 15) is 4.79 Å². The zero-order valence-electron chi connectivity index (χ0n) is 5.93. The minimum atomic E-state index is -0.306. The van der Waals surface area contributed by atoms with Crippen LogP contribution in [-0.4, -0.2) is 25.9 Å². The molecule has 0 fully saturated rings. The van der Waals surface area contributed by atoms with Crippen LogP contribution in [0.4, 0.5) is 0 Å². The summed E-state index contributed by atoms with van der Waals surface area (Å²) < 4.78 is 0. The van der Waals surface area contributed by atoms with Crippen molar-refractivity contribution in [1.82, 2.24) is 4.90 Å². The Morgan fingerprint density at radius 1 is 1.38 bits per heavy atom. The summed E-state index contributed by atoms with van der Waals surface area (Å²) in [4.78, 5) is 12.1. The molecule has 2 heteroatoms. The molecule has 0 aliphatic carbocycles. The Bertz CT molecular complexity index is 86.5. The van der Waals surface area contributed by atoms with E-state index in [0.29, 0.717) is 0 Å². The van der Waals surface area contributed by atoms with Crippen molar-refractivity contribution >= 4 is 6.29 Å². The van der Waals surface area contributed by atoms with E-state index in [1.165, 1.54) is 0 Å². The first-order valence-corrected chi connectivity index (χ1v) is 2.64. The van der Waals surface area contributed by atoms with E-state index < -0.39 is 0 Å². The van der Waals surface area contributed by atoms with Crippen LogP contribution in [0.2, 0.25) is 0 Å². The topological polar surface area (TPSA) is 23.0 Å². The van der Waals surface area contributed by atoms with E-state index >= 15 is 0 Å². The molecule has 0 aliphatic rings. The minimum Gasteiger partial charge on any atom is -0.296 e. The van der Waals surface area contributed by atoms with Crippen LogP contribution in [0.25, 0.3) is 0 Å². The zero-order valence-corrected chi connectivity index (χ0v) is 5.93. The number of carbonyl (C=O) groups is 1. The van der Waals surface area contributed by atoms with Crippen molar-refractivity contribution in [3.05, 3.63) is 0 Å². The largest absolute Gasteiger partial charge is 0.296 e. The monoisotopic (exact) mass is 115 g/mol. The summed E-state index contributed by atoms with van der Waals surface area (Å²) in [5.41, 5.74) is -0.306. The van der Waals surface area contributed by atoms with E-state index in [-0.39, 0.29) is 5.54 Å². The van der Waals surface area contributed by atoms with Gasteiger partial charge in [0.25, 0.3) is 0 Å². The van der Waals surface area contributed by atoms with Crippen molar-refractivity contribution < 1.29 is 4.79 Å². The van der Waals surface area contributed by atoms with Gasteiger partial charge in [-0.05, 0) is 0 Å². The van der Waals surface area contributed by atoms with Crippen LogP contribution >= 0.6 is 0 Å². The second-order valence-electron chi connectivity index (χ2n) is 2.67. The van der Waals surface area contributed by atoms with Crippen molar-refractivity contribution in [1.29, 1.82) is 0 Å². The average molecular weight is 115 g/mol. The average Bonchev–Trinajstić information content (AvgIpc) is 1.67. The highest BCUT2D eigenvalue weighted by atomic mass is 16.1. The maximum absolute atomic E-state index is 10.2. The molecule has 0 spiro atoms. The van der Waals surface area contributed by atoms with E-state index in [1.807, 2.05) is 32.8 Å². The smallest absolute Gasteiger partial charge is 0.191 e. The van der Waals surface area contributed by atoms with Gasteiger partial charge in [-0.25, -0.2) is 0 Å². The summed E-state index contributed by atoms with van der Waals surface area (Å²) in [5, 5.41) is 0. The van der Waals surface area contributed by atoms with Crippen molar-refractivity contribution in [2.45, 2.75) is 19.4 Å². The molecule has 0 atom stereocenters. The Hall–Kier alpha value is -0.370. The van der Waals surface area contributed by atoms with Gasteiger partial charge in [0.15, 0.2) is 11.8 Å². The molecule has 47 valence electrons. The molecule has 0 unspecified atom stereocenters. The van der Waals surface area contributed by atoms with Gasteiger partial charge in [-0.15, -0.1) is 0 Å². The number of aldehydes is 1. The number of carbonyl (C=O) groups excluding carboxylic acids is 1. The molecule has 0 aromatic heterocycles. The fourth-order valence-electron chi connectivity index (χ4n) is 0.105. The van der Waals surface area contributed by atoms with Crippen molar-refractivity contribution in [2.75, 3.05) is 14.1 Å². The summed E-state index contributed by atoms with van der Waals surface area (Å²) in [5.74, 6) is 0. The second kappa shape index (κ2) is 2.27. The maximum atomic E-state index is 10.2. The van der Waals surface area contributed by atoms with Gasteiger partial charge in [-0.1, -0.05) is 0 Å². The molecule has 0 saturated carbocycles. The zero-order chi connectivity index (χ0) is 6.78. The summed E-state index contributed by atoms with van der Waals surface area (Å²) in [6.45, 7) is 3.75. The third-order valence-corrected chi connectivity index (χ3v) is 1.44. The molecule has 0 aromatic rings. The van der Waals surface area contributed by atoms with Gasteiger partial charge >= 0.3 is 0 Å². The van der Waals surface area contributed by atoms with Crippen LogP contribution in [0.15, 0.2) is 0 Å². The van der Waals surface area contributed by atoms with Crippen LogP contribution in [0.1, 0.15) is 13.8 Å².